The minimum absolute atomic E-state index is 0.0251. The molecule has 4 rings (SSSR count). The molecule has 0 aromatic heterocycles. The van der Waals surface area contributed by atoms with E-state index < -0.39 is 5.91 Å². The number of fused-ring (bicyclic) bond motifs is 1. The first-order valence-electron chi connectivity index (χ1n) is 11.0. The second kappa shape index (κ2) is 10.9. The van der Waals surface area contributed by atoms with Gasteiger partial charge in [-0.05, 0) is 75.1 Å². The number of carbonyl (C=O) groups excluding carboxylic acids is 1. The third-order valence-corrected chi connectivity index (χ3v) is 6.18. The van der Waals surface area contributed by atoms with Crippen LogP contribution < -0.4 is 14.8 Å². The predicted molar refractivity (Wildman–Crippen MR) is 142 cm³/mol. The number of nitrogens with one attached hydrogen (secondary N) is 1. The number of rotatable bonds is 7. The van der Waals surface area contributed by atoms with Gasteiger partial charge >= 0.3 is 0 Å². The van der Waals surface area contributed by atoms with Gasteiger partial charge in [0.1, 0.15) is 18.2 Å². The molecule has 0 atom stereocenters. The van der Waals surface area contributed by atoms with Gasteiger partial charge in [0, 0.05) is 11.3 Å². The van der Waals surface area contributed by atoms with Crippen molar-refractivity contribution < 1.29 is 14.3 Å². The zero-order valence-corrected chi connectivity index (χ0v) is 20.9. The van der Waals surface area contributed by atoms with E-state index in [0.29, 0.717) is 33.8 Å². The highest BCUT2D eigenvalue weighted by atomic mass is 79.9. The summed E-state index contributed by atoms with van der Waals surface area (Å²) in [5.41, 5.74) is 3.46. The van der Waals surface area contributed by atoms with Gasteiger partial charge in [-0.15, -0.1) is 0 Å². The van der Waals surface area contributed by atoms with E-state index >= 15 is 0 Å². The Kier molecular flexibility index (Phi) is 7.49. The summed E-state index contributed by atoms with van der Waals surface area (Å²) in [6, 6.07) is 26.9. The summed E-state index contributed by atoms with van der Waals surface area (Å²) in [4.78, 5) is 12.6. The van der Waals surface area contributed by atoms with E-state index in [1.807, 2.05) is 36.4 Å². The Hall–Kier alpha value is -4.08. The van der Waals surface area contributed by atoms with Gasteiger partial charge < -0.3 is 14.8 Å². The van der Waals surface area contributed by atoms with Crippen LogP contribution in [0.15, 0.2) is 88.9 Å². The van der Waals surface area contributed by atoms with Crippen molar-refractivity contribution in [3.05, 3.63) is 106 Å². The van der Waals surface area contributed by atoms with E-state index in [-0.39, 0.29) is 5.57 Å². The summed E-state index contributed by atoms with van der Waals surface area (Å²) in [6.07, 6.45) is 1.52. The molecule has 0 saturated carbocycles. The standard InChI is InChI=1S/C29H23BrN2O3/c1-19-12-13-21-8-6-7-11-24(21)25(19)18-35-28-26(30)15-20(16-27(28)34-2)14-22(17-31)29(33)32-23-9-4-3-5-10-23/h3-16H,18H2,1-2H3,(H,32,33)/b22-14+. The lowest BCUT2D eigenvalue weighted by molar-refractivity contribution is -0.112. The van der Waals surface area contributed by atoms with Crippen LogP contribution in [0.4, 0.5) is 5.69 Å². The highest BCUT2D eigenvalue weighted by Gasteiger charge is 2.15. The van der Waals surface area contributed by atoms with Crippen LogP contribution in [0.2, 0.25) is 0 Å². The number of nitriles is 1. The fourth-order valence-corrected chi connectivity index (χ4v) is 4.35. The zero-order chi connectivity index (χ0) is 24.8. The lowest BCUT2D eigenvalue weighted by atomic mass is 10.0. The van der Waals surface area contributed by atoms with Crippen molar-refractivity contribution in [2.24, 2.45) is 0 Å². The summed E-state index contributed by atoms with van der Waals surface area (Å²) in [5.74, 6) is 0.550. The van der Waals surface area contributed by atoms with Crippen LogP contribution in [0.25, 0.3) is 16.8 Å². The number of ether oxygens (including phenoxy) is 2. The quantitative estimate of drug-likeness (QED) is 0.207. The Bertz CT molecular complexity index is 1460. The summed E-state index contributed by atoms with van der Waals surface area (Å²) >= 11 is 3.57. The van der Waals surface area contributed by atoms with E-state index in [0.717, 1.165) is 21.9 Å². The molecule has 1 amide bonds. The number of aryl methyl sites for hydroxylation is 1. The highest BCUT2D eigenvalue weighted by molar-refractivity contribution is 9.10. The van der Waals surface area contributed by atoms with E-state index in [1.54, 1.807) is 31.4 Å². The summed E-state index contributed by atoms with van der Waals surface area (Å²) < 4.78 is 12.4. The molecule has 0 radical (unpaired) electrons. The lowest BCUT2D eigenvalue weighted by Gasteiger charge is -2.16. The van der Waals surface area contributed by atoms with Crippen LogP contribution in [0.5, 0.6) is 11.5 Å². The largest absolute Gasteiger partial charge is 0.493 e. The second-order valence-electron chi connectivity index (χ2n) is 7.89. The van der Waals surface area contributed by atoms with E-state index in [1.165, 1.54) is 6.08 Å². The van der Waals surface area contributed by atoms with Crippen molar-refractivity contribution in [2.45, 2.75) is 13.5 Å². The summed E-state index contributed by atoms with van der Waals surface area (Å²) in [6.45, 7) is 2.43. The molecule has 35 heavy (non-hydrogen) atoms. The topological polar surface area (TPSA) is 71.3 Å². The molecule has 0 aliphatic carbocycles. The Morgan fingerprint density at radius 2 is 1.80 bits per heavy atom. The Morgan fingerprint density at radius 1 is 1.06 bits per heavy atom. The van der Waals surface area contributed by atoms with Gasteiger partial charge in [0.2, 0.25) is 0 Å². The Balaban J connectivity index is 1.60. The first-order valence-corrected chi connectivity index (χ1v) is 11.7. The fraction of sp³-hybridized carbons (Fsp3) is 0.103. The molecule has 4 aromatic rings. The second-order valence-corrected chi connectivity index (χ2v) is 8.75. The summed E-state index contributed by atoms with van der Waals surface area (Å²) in [5, 5.41) is 14.6. The maximum atomic E-state index is 12.6. The van der Waals surface area contributed by atoms with Crippen molar-refractivity contribution in [3.63, 3.8) is 0 Å². The molecule has 0 fully saturated rings. The number of carbonyl (C=O) groups is 1. The van der Waals surface area contributed by atoms with Crippen LogP contribution in [-0.4, -0.2) is 13.0 Å². The average molecular weight is 527 g/mol. The predicted octanol–water partition coefficient (Wildman–Crippen LogP) is 7.04. The van der Waals surface area contributed by atoms with Crippen LogP contribution in [-0.2, 0) is 11.4 Å². The van der Waals surface area contributed by atoms with Gasteiger partial charge in [0.15, 0.2) is 11.5 Å². The number of benzene rings is 4. The van der Waals surface area contributed by atoms with Crippen molar-refractivity contribution in [1.29, 1.82) is 5.26 Å². The van der Waals surface area contributed by atoms with E-state index in [2.05, 4.69) is 52.4 Å². The van der Waals surface area contributed by atoms with Gasteiger partial charge in [-0.2, -0.15) is 5.26 Å². The SMILES string of the molecule is COc1cc(/C=C(\C#N)C(=O)Nc2ccccc2)cc(Br)c1OCc1c(C)ccc2ccccc12. The molecular formula is C29H23BrN2O3. The number of hydrogen-bond donors (Lipinski definition) is 1. The first-order chi connectivity index (χ1) is 17.0. The molecule has 174 valence electrons. The average Bonchev–Trinajstić information content (AvgIpc) is 2.87. The first kappa shape index (κ1) is 24.1. The number of methoxy groups -OCH3 is 1. The molecule has 0 saturated heterocycles. The lowest BCUT2D eigenvalue weighted by Crippen LogP contribution is -2.13. The molecular weight excluding hydrogens is 504 g/mol. The Morgan fingerprint density at radius 3 is 2.54 bits per heavy atom. The van der Waals surface area contributed by atoms with Crippen molar-refractivity contribution in [1.82, 2.24) is 0 Å². The molecule has 4 aromatic carbocycles. The van der Waals surface area contributed by atoms with Gasteiger partial charge in [0.25, 0.3) is 5.91 Å². The molecule has 6 heteroatoms. The number of nitrogens with zero attached hydrogens (tertiary/aromatic N) is 1. The van der Waals surface area contributed by atoms with Gasteiger partial charge in [-0.1, -0.05) is 54.6 Å². The van der Waals surface area contributed by atoms with Crippen molar-refractivity contribution in [3.8, 4) is 17.6 Å². The summed E-state index contributed by atoms with van der Waals surface area (Å²) in [7, 11) is 1.55. The smallest absolute Gasteiger partial charge is 0.266 e. The molecule has 0 unspecified atom stereocenters. The minimum atomic E-state index is -0.486. The van der Waals surface area contributed by atoms with Crippen LogP contribution >= 0.6 is 15.9 Å². The molecule has 1 N–H and O–H groups in total. The number of hydrogen-bond acceptors (Lipinski definition) is 4. The van der Waals surface area contributed by atoms with E-state index in [9.17, 15) is 10.1 Å². The molecule has 0 aliphatic heterocycles. The molecule has 0 spiro atoms. The monoisotopic (exact) mass is 526 g/mol. The number of halogens is 1. The van der Waals surface area contributed by atoms with Crippen molar-refractivity contribution in [2.75, 3.05) is 12.4 Å². The third kappa shape index (κ3) is 5.53. The Labute approximate surface area is 212 Å². The third-order valence-electron chi connectivity index (χ3n) is 5.60. The molecule has 5 nitrogen and oxygen atoms in total. The van der Waals surface area contributed by atoms with E-state index in [4.69, 9.17) is 9.47 Å². The maximum absolute atomic E-state index is 12.6. The number of para-hydroxylation sites is 1. The van der Waals surface area contributed by atoms with Gasteiger partial charge in [0.05, 0.1) is 11.6 Å². The highest BCUT2D eigenvalue weighted by Crippen LogP contribution is 2.38. The maximum Gasteiger partial charge on any atom is 0.266 e. The number of amides is 1. The van der Waals surface area contributed by atoms with Crippen molar-refractivity contribution >= 4 is 44.4 Å². The molecule has 0 heterocycles. The fourth-order valence-electron chi connectivity index (χ4n) is 3.78. The normalized spacial score (nSPS) is 11.1. The van der Waals surface area contributed by atoms with Gasteiger partial charge in [-0.3, -0.25) is 4.79 Å². The van der Waals surface area contributed by atoms with Crippen LogP contribution in [0, 0.1) is 18.3 Å². The van der Waals surface area contributed by atoms with Gasteiger partial charge in [-0.25, -0.2) is 0 Å². The van der Waals surface area contributed by atoms with Crippen LogP contribution in [0.1, 0.15) is 16.7 Å². The molecule has 0 aliphatic rings. The minimum Gasteiger partial charge on any atom is -0.493 e. The van der Waals surface area contributed by atoms with Crippen LogP contribution in [0.3, 0.4) is 0 Å². The zero-order valence-electron chi connectivity index (χ0n) is 19.3. The molecule has 0 bridgehead atoms. The number of anilines is 1.